The molecule has 72 valence electrons. The monoisotopic (exact) mass is 251 g/mol. The molecule has 0 unspecified atom stereocenters. The summed E-state index contributed by atoms with van der Waals surface area (Å²) in [6.45, 7) is 0. The number of fused-ring (bicyclic) bond motifs is 1. The quantitative estimate of drug-likeness (QED) is 0.781. The van der Waals surface area contributed by atoms with Gasteiger partial charge in [-0.3, -0.25) is 0 Å². The minimum atomic E-state index is 0.584. The summed E-state index contributed by atoms with van der Waals surface area (Å²) in [4.78, 5) is 4.40. The van der Waals surface area contributed by atoms with Crippen LogP contribution in [-0.4, -0.2) is 14.8 Å². The molecular formula is C10H10BrN3. The summed E-state index contributed by atoms with van der Waals surface area (Å²) in [5, 5.41) is 5.51. The molecule has 3 nitrogen and oxygen atoms in total. The van der Waals surface area contributed by atoms with Gasteiger partial charge in [0.15, 0.2) is 5.65 Å². The summed E-state index contributed by atoms with van der Waals surface area (Å²) < 4.78 is 3.07. The maximum absolute atomic E-state index is 4.40. The lowest BCUT2D eigenvalue weighted by Crippen LogP contribution is -2.18. The van der Waals surface area contributed by atoms with Crippen molar-refractivity contribution in [3.05, 3.63) is 22.9 Å². The molecule has 0 amide bonds. The molecule has 2 aromatic heterocycles. The van der Waals surface area contributed by atoms with Crippen molar-refractivity contribution in [3.63, 3.8) is 0 Å². The van der Waals surface area contributed by atoms with E-state index in [4.69, 9.17) is 0 Å². The molecule has 2 aromatic rings. The van der Waals surface area contributed by atoms with Gasteiger partial charge in [-0.1, -0.05) is 0 Å². The van der Waals surface area contributed by atoms with Crippen LogP contribution in [-0.2, 0) is 0 Å². The fourth-order valence-corrected chi connectivity index (χ4v) is 2.16. The molecule has 2 heterocycles. The van der Waals surface area contributed by atoms with E-state index in [9.17, 15) is 0 Å². The number of aromatic nitrogens is 3. The lowest BCUT2D eigenvalue weighted by atomic mass is 9.93. The minimum Gasteiger partial charge on any atom is -0.244 e. The van der Waals surface area contributed by atoms with Gasteiger partial charge in [-0.25, -0.2) is 9.67 Å². The highest BCUT2D eigenvalue weighted by Crippen LogP contribution is 2.33. The molecule has 0 bridgehead atoms. The molecule has 0 spiro atoms. The van der Waals surface area contributed by atoms with Gasteiger partial charge in [-0.2, -0.15) is 5.10 Å². The number of rotatable bonds is 1. The van der Waals surface area contributed by atoms with Crippen molar-refractivity contribution in [2.45, 2.75) is 25.3 Å². The van der Waals surface area contributed by atoms with Crippen molar-refractivity contribution in [2.24, 2.45) is 0 Å². The highest BCUT2D eigenvalue weighted by molar-refractivity contribution is 9.10. The van der Waals surface area contributed by atoms with Crippen LogP contribution < -0.4 is 0 Å². The molecule has 0 radical (unpaired) electrons. The van der Waals surface area contributed by atoms with Gasteiger partial charge in [-0.05, 0) is 41.3 Å². The zero-order valence-electron chi connectivity index (χ0n) is 7.65. The van der Waals surface area contributed by atoms with Crippen LogP contribution in [0.5, 0.6) is 0 Å². The number of hydrogen-bond donors (Lipinski definition) is 0. The molecule has 1 saturated carbocycles. The van der Waals surface area contributed by atoms with E-state index in [2.05, 4.69) is 36.8 Å². The molecule has 0 aliphatic heterocycles. The van der Waals surface area contributed by atoms with E-state index < -0.39 is 0 Å². The topological polar surface area (TPSA) is 30.7 Å². The van der Waals surface area contributed by atoms with Gasteiger partial charge in [0.25, 0.3) is 0 Å². The highest BCUT2D eigenvalue weighted by Gasteiger charge is 2.22. The summed E-state index contributed by atoms with van der Waals surface area (Å²) >= 11 is 3.41. The van der Waals surface area contributed by atoms with Crippen molar-refractivity contribution in [1.82, 2.24) is 14.8 Å². The summed E-state index contributed by atoms with van der Waals surface area (Å²) in [5.41, 5.74) is 1.01. The smallest absolute Gasteiger partial charge is 0.158 e. The van der Waals surface area contributed by atoms with Gasteiger partial charge in [0.05, 0.1) is 12.2 Å². The molecular weight excluding hydrogens is 242 g/mol. The average molecular weight is 252 g/mol. The first-order chi connectivity index (χ1) is 6.84. The lowest BCUT2D eigenvalue weighted by molar-refractivity contribution is 0.296. The molecule has 0 N–H and O–H groups in total. The minimum absolute atomic E-state index is 0.584. The second kappa shape index (κ2) is 3.05. The van der Waals surface area contributed by atoms with E-state index >= 15 is 0 Å². The van der Waals surface area contributed by atoms with Crippen LogP contribution in [0.25, 0.3) is 11.0 Å². The Morgan fingerprint density at radius 2 is 2.21 bits per heavy atom. The molecule has 1 aliphatic rings. The van der Waals surface area contributed by atoms with Gasteiger partial charge in [0.2, 0.25) is 0 Å². The maximum atomic E-state index is 4.40. The van der Waals surface area contributed by atoms with Crippen LogP contribution in [0.1, 0.15) is 25.3 Å². The fourth-order valence-electron chi connectivity index (χ4n) is 1.81. The van der Waals surface area contributed by atoms with Crippen molar-refractivity contribution in [2.75, 3.05) is 0 Å². The van der Waals surface area contributed by atoms with Crippen LogP contribution in [0.15, 0.2) is 22.9 Å². The highest BCUT2D eigenvalue weighted by atomic mass is 79.9. The van der Waals surface area contributed by atoms with Gasteiger partial charge in [-0.15, -0.1) is 0 Å². The first kappa shape index (κ1) is 8.41. The molecule has 4 heteroatoms. The Balaban J connectivity index is 2.16. The largest absolute Gasteiger partial charge is 0.244 e. The summed E-state index contributed by atoms with van der Waals surface area (Å²) in [5.74, 6) is 0. The fraction of sp³-hybridized carbons (Fsp3) is 0.400. The number of hydrogen-bond acceptors (Lipinski definition) is 2. The molecule has 0 atom stereocenters. The van der Waals surface area contributed by atoms with Crippen molar-refractivity contribution in [3.8, 4) is 0 Å². The van der Waals surface area contributed by atoms with E-state index in [-0.39, 0.29) is 0 Å². The van der Waals surface area contributed by atoms with Crippen LogP contribution in [0.4, 0.5) is 0 Å². The third kappa shape index (κ3) is 1.17. The van der Waals surface area contributed by atoms with E-state index in [1.54, 1.807) is 0 Å². The Hall–Kier alpha value is -0.900. The predicted molar refractivity (Wildman–Crippen MR) is 58.1 cm³/mol. The van der Waals surface area contributed by atoms with Crippen LogP contribution >= 0.6 is 15.9 Å². The first-order valence-corrected chi connectivity index (χ1v) is 5.62. The summed E-state index contributed by atoms with van der Waals surface area (Å²) in [7, 11) is 0. The Bertz CT molecular complexity index is 473. The van der Waals surface area contributed by atoms with E-state index in [1.165, 1.54) is 19.3 Å². The summed E-state index contributed by atoms with van der Waals surface area (Å²) in [6, 6.07) is 2.64. The van der Waals surface area contributed by atoms with Crippen LogP contribution in [0.2, 0.25) is 0 Å². The number of halogens is 1. The van der Waals surface area contributed by atoms with Gasteiger partial charge in [0, 0.05) is 16.1 Å². The van der Waals surface area contributed by atoms with Crippen molar-refractivity contribution < 1.29 is 0 Å². The number of nitrogens with zero attached hydrogens (tertiary/aromatic N) is 3. The molecule has 1 fully saturated rings. The van der Waals surface area contributed by atoms with Crippen LogP contribution in [0.3, 0.4) is 0 Å². The van der Waals surface area contributed by atoms with Gasteiger partial charge < -0.3 is 0 Å². The second-order valence-electron chi connectivity index (χ2n) is 3.74. The molecule has 14 heavy (non-hydrogen) atoms. The normalized spacial score (nSPS) is 17.2. The zero-order chi connectivity index (χ0) is 9.54. The molecule has 0 aromatic carbocycles. The van der Waals surface area contributed by atoms with Gasteiger partial charge >= 0.3 is 0 Å². The Kier molecular flexibility index (Phi) is 1.83. The maximum Gasteiger partial charge on any atom is 0.158 e. The van der Waals surface area contributed by atoms with Crippen LogP contribution in [0, 0.1) is 0 Å². The predicted octanol–water partition coefficient (Wildman–Crippen LogP) is 2.92. The summed E-state index contributed by atoms with van der Waals surface area (Å²) in [6.07, 6.45) is 7.54. The lowest BCUT2D eigenvalue weighted by Gasteiger charge is -2.25. The van der Waals surface area contributed by atoms with Crippen molar-refractivity contribution >= 4 is 27.0 Å². The van der Waals surface area contributed by atoms with E-state index in [1.807, 2.05) is 12.4 Å². The van der Waals surface area contributed by atoms with E-state index in [0.717, 1.165) is 15.5 Å². The zero-order valence-corrected chi connectivity index (χ0v) is 9.24. The average Bonchev–Trinajstić information content (AvgIpc) is 2.45. The Labute approximate surface area is 90.3 Å². The molecule has 3 rings (SSSR count). The second-order valence-corrected chi connectivity index (χ2v) is 4.66. The number of pyridine rings is 1. The molecule has 1 aliphatic carbocycles. The van der Waals surface area contributed by atoms with Gasteiger partial charge in [0.1, 0.15) is 0 Å². The Morgan fingerprint density at radius 3 is 2.93 bits per heavy atom. The molecule has 0 saturated heterocycles. The standard InChI is InChI=1S/C10H10BrN3/c11-8-4-7-5-13-14(9-2-1-3-9)10(7)12-6-8/h4-6,9H,1-3H2. The third-order valence-corrected chi connectivity index (χ3v) is 3.25. The Morgan fingerprint density at radius 1 is 1.36 bits per heavy atom. The van der Waals surface area contributed by atoms with Crippen molar-refractivity contribution in [1.29, 1.82) is 0 Å². The third-order valence-electron chi connectivity index (χ3n) is 2.82. The SMILES string of the molecule is Brc1cnc2c(cnn2C2CCC2)c1. The first-order valence-electron chi connectivity index (χ1n) is 4.83. The van der Waals surface area contributed by atoms with E-state index in [0.29, 0.717) is 6.04 Å².